The lowest BCUT2D eigenvalue weighted by molar-refractivity contribution is 0.403. The average molecular weight is 261 g/mol. The van der Waals surface area contributed by atoms with Crippen LogP contribution >= 0.6 is 0 Å². The highest BCUT2D eigenvalue weighted by Gasteiger charge is 2.16. The highest BCUT2D eigenvalue weighted by atomic mass is 19.1. The second-order valence-electron chi connectivity index (χ2n) is 3.88. The van der Waals surface area contributed by atoms with Crippen molar-refractivity contribution in [1.82, 2.24) is 14.8 Å². The monoisotopic (exact) mass is 261 g/mol. The van der Waals surface area contributed by atoms with Gasteiger partial charge in [-0.1, -0.05) is 6.07 Å². The van der Waals surface area contributed by atoms with Crippen molar-refractivity contribution in [2.75, 3.05) is 7.11 Å². The number of hydrogen-bond acceptors (Lipinski definition) is 3. The van der Waals surface area contributed by atoms with Gasteiger partial charge in [-0.05, 0) is 18.2 Å². The van der Waals surface area contributed by atoms with Crippen LogP contribution in [0.5, 0.6) is 5.88 Å². The largest absolute Gasteiger partial charge is 0.480 e. The molecule has 0 N–H and O–H groups in total. The van der Waals surface area contributed by atoms with Gasteiger partial charge in [0.15, 0.2) is 11.6 Å². The standard InChI is InChI=1S/C13H9F2N3O/c1-19-13-8-7-17-18(11(8)5-6-16-13)12-9(14)3-2-4-10(12)15/h2-7H,1H3. The number of halogens is 2. The smallest absolute Gasteiger partial charge is 0.224 e. The molecule has 2 heterocycles. The van der Waals surface area contributed by atoms with E-state index in [0.717, 1.165) is 0 Å². The number of pyridine rings is 1. The minimum Gasteiger partial charge on any atom is -0.480 e. The Bertz CT molecular complexity index is 734. The minimum atomic E-state index is -0.680. The normalized spacial score (nSPS) is 10.9. The van der Waals surface area contributed by atoms with Crippen molar-refractivity contribution in [3.8, 4) is 11.6 Å². The summed E-state index contributed by atoms with van der Waals surface area (Å²) < 4.78 is 33.8. The second-order valence-corrected chi connectivity index (χ2v) is 3.88. The van der Waals surface area contributed by atoms with Crippen LogP contribution in [-0.4, -0.2) is 21.9 Å². The van der Waals surface area contributed by atoms with Crippen molar-refractivity contribution in [2.45, 2.75) is 0 Å². The fourth-order valence-corrected chi connectivity index (χ4v) is 1.96. The lowest BCUT2D eigenvalue weighted by atomic mass is 10.2. The molecule has 0 bridgehead atoms. The molecule has 3 aromatic rings. The van der Waals surface area contributed by atoms with Gasteiger partial charge < -0.3 is 4.74 Å². The van der Waals surface area contributed by atoms with Gasteiger partial charge in [0.2, 0.25) is 5.88 Å². The van der Waals surface area contributed by atoms with Gasteiger partial charge in [0.05, 0.1) is 24.2 Å². The maximum Gasteiger partial charge on any atom is 0.224 e. The van der Waals surface area contributed by atoms with Crippen LogP contribution in [0, 0.1) is 11.6 Å². The van der Waals surface area contributed by atoms with Gasteiger partial charge in [-0.2, -0.15) is 5.10 Å². The number of ether oxygens (including phenoxy) is 1. The van der Waals surface area contributed by atoms with Crippen molar-refractivity contribution in [1.29, 1.82) is 0 Å². The van der Waals surface area contributed by atoms with Crippen LogP contribution in [0.15, 0.2) is 36.7 Å². The Morgan fingerprint density at radius 2 is 1.89 bits per heavy atom. The summed E-state index contributed by atoms with van der Waals surface area (Å²) in [5.74, 6) is -0.998. The Labute approximate surface area is 107 Å². The number of para-hydroxylation sites is 1. The molecule has 0 spiro atoms. The first-order chi connectivity index (χ1) is 9.22. The van der Waals surface area contributed by atoms with Crippen molar-refractivity contribution in [3.63, 3.8) is 0 Å². The predicted octanol–water partition coefficient (Wildman–Crippen LogP) is 2.71. The van der Waals surface area contributed by atoms with Gasteiger partial charge in [-0.3, -0.25) is 0 Å². The predicted molar refractivity (Wildman–Crippen MR) is 65.3 cm³/mol. The van der Waals surface area contributed by atoms with Crippen LogP contribution in [0.3, 0.4) is 0 Å². The molecule has 96 valence electrons. The van der Waals surface area contributed by atoms with Crippen LogP contribution in [0.2, 0.25) is 0 Å². The van der Waals surface area contributed by atoms with E-state index in [2.05, 4.69) is 10.1 Å². The highest BCUT2D eigenvalue weighted by Crippen LogP contribution is 2.26. The summed E-state index contributed by atoms with van der Waals surface area (Å²) in [6.07, 6.45) is 2.96. The Balaban J connectivity index is 2.33. The van der Waals surface area contributed by atoms with Gasteiger partial charge in [-0.25, -0.2) is 18.4 Å². The molecule has 4 nitrogen and oxygen atoms in total. The third-order valence-corrected chi connectivity index (χ3v) is 2.80. The molecule has 0 aliphatic heterocycles. The fraction of sp³-hybridized carbons (Fsp3) is 0.0769. The maximum atomic E-state index is 13.8. The third kappa shape index (κ3) is 1.72. The number of hydrogen-bond donors (Lipinski definition) is 0. The van der Waals surface area contributed by atoms with E-state index < -0.39 is 11.6 Å². The zero-order chi connectivity index (χ0) is 13.4. The van der Waals surface area contributed by atoms with Crippen LogP contribution in [-0.2, 0) is 0 Å². The molecule has 3 rings (SSSR count). The molecular weight excluding hydrogens is 252 g/mol. The molecule has 0 aliphatic rings. The lowest BCUT2D eigenvalue weighted by Crippen LogP contribution is -2.03. The van der Waals surface area contributed by atoms with Crippen molar-refractivity contribution < 1.29 is 13.5 Å². The number of rotatable bonds is 2. The fourth-order valence-electron chi connectivity index (χ4n) is 1.96. The molecule has 0 unspecified atom stereocenters. The Morgan fingerprint density at radius 3 is 2.58 bits per heavy atom. The molecule has 6 heteroatoms. The van der Waals surface area contributed by atoms with Crippen molar-refractivity contribution in [3.05, 3.63) is 48.3 Å². The van der Waals surface area contributed by atoms with Gasteiger partial charge in [-0.15, -0.1) is 0 Å². The van der Waals surface area contributed by atoms with E-state index in [1.165, 1.54) is 42.4 Å². The number of fused-ring (bicyclic) bond motifs is 1. The minimum absolute atomic E-state index is 0.217. The van der Waals surface area contributed by atoms with E-state index >= 15 is 0 Å². The molecule has 1 aromatic carbocycles. The van der Waals surface area contributed by atoms with Crippen LogP contribution in [0.1, 0.15) is 0 Å². The number of methoxy groups -OCH3 is 1. The summed E-state index contributed by atoms with van der Waals surface area (Å²) in [5.41, 5.74) is 0.307. The van der Waals surface area contributed by atoms with Gasteiger partial charge in [0.25, 0.3) is 0 Å². The van der Waals surface area contributed by atoms with E-state index in [0.29, 0.717) is 16.8 Å². The highest BCUT2D eigenvalue weighted by molar-refractivity contribution is 5.84. The first-order valence-corrected chi connectivity index (χ1v) is 5.53. The molecule has 19 heavy (non-hydrogen) atoms. The lowest BCUT2D eigenvalue weighted by Gasteiger charge is -2.06. The summed E-state index contributed by atoms with van der Waals surface area (Å²) in [6.45, 7) is 0. The van der Waals surface area contributed by atoms with Crippen molar-refractivity contribution in [2.24, 2.45) is 0 Å². The van der Waals surface area contributed by atoms with Crippen molar-refractivity contribution >= 4 is 10.9 Å². The van der Waals surface area contributed by atoms with E-state index in [4.69, 9.17) is 4.74 Å². The first kappa shape index (κ1) is 11.6. The summed E-state index contributed by atoms with van der Waals surface area (Å²) >= 11 is 0. The van der Waals surface area contributed by atoms with Crippen LogP contribution in [0.4, 0.5) is 8.78 Å². The quantitative estimate of drug-likeness (QED) is 0.712. The number of benzene rings is 1. The zero-order valence-electron chi connectivity index (χ0n) is 9.97. The van der Waals surface area contributed by atoms with Gasteiger partial charge in [0, 0.05) is 6.20 Å². The zero-order valence-corrected chi connectivity index (χ0v) is 9.97. The molecule has 0 saturated heterocycles. The molecule has 0 radical (unpaired) electrons. The second kappa shape index (κ2) is 4.31. The molecule has 2 aromatic heterocycles. The van der Waals surface area contributed by atoms with Crippen LogP contribution in [0.25, 0.3) is 16.6 Å². The van der Waals surface area contributed by atoms with E-state index in [1.807, 2.05) is 0 Å². The average Bonchev–Trinajstić information content (AvgIpc) is 2.82. The van der Waals surface area contributed by atoms with E-state index in [1.54, 1.807) is 6.07 Å². The summed E-state index contributed by atoms with van der Waals surface area (Å²) in [5, 5.41) is 4.60. The van der Waals surface area contributed by atoms with Gasteiger partial charge in [0.1, 0.15) is 5.69 Å². The SMILES string of the molecule is COc1nccc2c1cnn2-c1c(F)cccc1F. The summed E-state index contributed by atoms with van der Waals surface area (Å²) in [7, 11) is 1.47. The topological polar surface area (TPSA) is 39.9 Å². The molecule has 0 fully saturated rings. The summed E-state index contributed by atoms with van der Waals surface area (Å²) in [6, 6.07) is 5.30. The molecule has 0 atom stereocenters. The molecule has 0 amide bonds. The van der Waals surface area contributed by atoms with Crippen LogP contribution < -0.4 is 4.74 Å². The molecular formula is C13H9F2N3O. The Hall–Kier alpha value is -2.50. The Kier molecular flexibility index (Phi) is 2.63. The Morgan fingerprint density at radius 1 is 1.16 bits per heavy atom. The number of aromatic nitrogens is 3. The van der Waals surface area contributed by atoms with Gasteiger partial charge >= 0.3 is 0 Å². The first-order valence-electron chi connectivity index (χ1n) is 5.53. The van der Waals surface area contributed by atoms with E-state index in [9.17, 15) is 8.78 Å². The molecule has 0 aliphatic carbocycles. The summed E-state index contributed by atoms with van der Waals surface area (Å²) in [4.78, 5) is 4.01. The third-order valence-electron chi connectivity index (χ3n) is 2.80. The number of nitrogens with zero attached hydrogens (tertiary/aromatic N) is 3. The maximum absolute atomic E-state index is 13.8. The van der Waals surface area contributed by atoms with E-state index in [-0.39, 0.29) is 5.69 Å². The molecule has 0 saturated carbocycles.